The molecule has 0 amide bonds. The van der Waals surface area contributed by atoms with Crippen LogP contribution in [0.1, 0.15) is 64.1 Å². The Labute approximate surface area is 161 Å². The molecule has 0 saturated carbocycles. The van der Waals surface area contributed by atoms with Crippen molar-refractivity contribution in [1.82, 2.24) is 4.90 Å². The van der Waals surface area contributed by atoms with E-state index in [2.05, 4.69) is 0 Å². The van der Waals surface area contributed by atoms with Crippen LogP contribution in [0.2, 0.25) is 0 Å². The molecule has 5 N–H and O–H groups in total. The van der Waals surface area contributed by atoms with E-state index in [9.17, 15) is 35.1 Å². The number of aliphatic hydroxyl groups is 3. The number of likely N-dealkylation sites (tertiary alicyclic amines) is 1. The van der Waals surface area contributed by atoms with Gasteiger partial charge >= 0.3 is 0 Å². The molecule has 2 aliphatic carbocycles. The summed E-state index contributed by atoms with van der Waals surface area (Å²) in [6.07, 6.45) is 0.334. The molecule has 1 aromatic rings. The maximum Gasteiger partial charge on any atom is 0.213 e. The molecule has 3 aliphatic rings. The second kappa shape index (κ2) is 6.30. The number of phenols is 2. The third-order valence-corrected chi connectivity index (χ3v) is 6.03. The third kappa shape index (κ3) is 2.56. The molecule has 0 radical (unpaired) electrons. The van der Waals surface area contributed by atoms with Crippen molar-refractivity contribution in [1.29, 1.82) is 0 Å². The van der Waals surface area contributed by atoms with Crippen LogP contribution in [-0.2, 0) is 6.42 Å². The topological polar surface area (TPSA) is 139 Å². The number of phenolic OH excluding ortho intramolecular Hbond substituents is 2. The lowest BCUT2D eigenvalue weighted by Gasteiger charge is -2.40. The van der Waals surface area contributed by atoms with E-state index in [0.29, 0.717) is 13.1 Å². The molecule has 8 heteroatoms. The maximum absolute atomic E-state index is 13.1. The highest BCUT2D eigenvalue weighted by atomic mass is 16.4. The highest BCUT2D eigenvalue weighted by Crippen LogP contribution is 2.49. The number of hydrogen-bond donors (Lipinski definition) is 5. The number of rotatable bonds is 1. The number of carbonyl (C=O) groups excluding carboxylic acids is 2. The summed E-state index contributed by atoms with van der Waals surface area (Å²) >= 11 is 0. The van der Waals surface area contributed by atoms with E-state index in [1.807, 2.05) is 0 Å². The summed E-state index contributed by atoms with van der Waals surface area (Å²) in [5.41, 5.74) is -2.57. The fourth-order valence-corrected chi connectivity index (χ4v) is 4.47. The minimum Gasteiger partial charge on any atom is -0.507 e. The van der Waals surface area contributed by atoms with Gasteiger partial charge in [0.25, 0.3) is 0 Å². The fraction of sp³-hybridized carbons (Fsp3) is 0.500. The van der Waals surface area contributed by atoms with Gasteiger partial charge in [-0.15, -0.1) is 0 Å². The van der Waals surface area contributed by atoms with Gasteiger partial charge in [0.05, 0.1) is 22.4 Å². The zero-order valence-corrected chi connectivity index (χ0v) is 15.5. The van der Waals surface area contributed by atoms with E-state index in [0.717, 1.165) is 25.3 Å². The molecule has 0 aromatic heterocycles. The minimum atomic E-state index is -1.78. The van der Waals surface area contributed by atoms with Crippen molar-refractivity contribution in [2.75, 3.05) is 13.1 Å². The van der Waals surface area contributed by atoms with Gasteiger partial charge in [-0.05, 0) is 26.2 Å². The summed E-state index contributed by atoms with van der Waals surface area (Å²) < 4.78 is 0. The predicted octanol–water partition coefficient (Wildman–Crippen LogP) is 0.548. The molecule has 3 atom stereocenters. The molecule has 1 fully saturated rings. The summed E-state index contributed by atoms with van der Waals surface area (Å²) in [5.74, 6) is -2.41. The normalized spacial score (nSPS) is 30.0. The molecule has 1 heterocycles. The Bertz CT molecular complexity index is 912. The minimum absolute atomic E-state index is 0.0416. The van der Waals surface area contributed by atoms with E-state index < -0.39 is 40.9 Å². The van der Waals surface area contributed by atoms with E-state index in [1.54, 1.807) is 4.90 Å². The monoisotopic (exact) mass is 389 g/mol. The van der Waals surface area contributed by atoms with E-state index in [4.69, 9.17) is 0 Å². The van der Waals surface area contributed by atoms with E-state index in [-0.39, 0.29) is 34.4 Å². The zero-order valence-electron chi connectivity index (χ0n) is 15.5. The van der Waals surface area contributed by atoms with Crippen molar-refractivity contribution >= 4 is 11.6 Å². The third-order valence-electron chi connectivity index (χ3n) is 6.03. The zero-order chi connectivity index (χ0) is 20.4. The Morgan fingerprint density at radius 1 is 1.04 bits per heavy atom. The van der Waals surface area contributed by atoms with Crippen molar-refractivity contribution in [3.05, 3.63) is 34.0 Å². The first-order valence-electron chi connectivity index (χ1n) is 9.40. The Morgan fingerprint density at radius 2 is 1.68 bits per heavy atom. The first kappa shape index (κ1) is 18.9. The van der Waals surface area contributed by atoms with Gasteiger partial charge in [-0.1, -0.05) is 0 Å². The molecule has 28 heavy (non-hydrogen) atoms. The van der Waals surface area contributed by atoms with Crippen LogP contribution in [0.25, 0.3) is 0 Å². The molecule has 1 aromatic carbocycles. The van der Waals surface area contributed by atoms with E-state index >= 15 is 0 Å². The second-order valence-electron chi connectivity index (χ2n) is 8.03. The van der Waals surface area contributed by atoms with Crippen molar-refractivity contribution in [3.63, 3.8) is 0 Å². The number of allylic oxidation sites excluding steroid dienone is 2. The summed E-state index contributed by atoms with van der Waals surface area (Å²) in [6.45, 7) is 2.53. The number of Topliss-reactive ketones (excluding diaryl/α,β-unsaturated/α-hetero) is 1. The highest BCUT2D eigenvalue weighted by Gasteiger charge is 2.48. The standard InChI is InChI=1S/C20H23NO7/c1-20(28)8-9-12(18(26)19(20)27)17(25)13-11(22)7-10(16(24)14(13)15(9)23)21-5-3-2-4-6-21/h7,18-19,23,25-28H,2-6,8H2,1H3/t18-,19+,20-/m0/s1. The van der Waals surface area contributed by atoms with E-state index in [1.165, 1.54) is 6.92 Å². The van der Waals surface area contributed by atoms with Crippen LogP contribution < -0.4 is 0 Å². The van der Waals surface area contributed by atoms with Gasteiger partial charge in [-0.25, -0.2) is 0 Å². The van der Waals surface area contributed by atoms with Crippen LogP contribution in [0.4, 0.5) is 0 Å². The predicted molar refractivity (Wildman–Crippen MR) is 97.2 cm³/mol. The molecule has 1 saturated heterocycles. The van der Waals surface area contributed by atoms with Gasteiger partial charge in [0.2, 0.25) is 5.78 Å². The molecule has 1 aliphatic heterocycles. The van der Waals surface area contributed by atoms with Crippen LogP contribution >= 0.6 is 0 Å². The first-order chi connectivity index (χ1) is 13.1. The fourth-order valence-electron chi connectivity index (χ4n) is 4.47. The Balaban J connectivity index is 1.90. The molecule has 0 unspecified atom stereocenters. The molecule has 150 valence electrons. The van der Waals surface area contributed by atoms with Crippen LogP contribution in [0, 0.1) is 0 Å². The number of benzene rings is 1. The molecule has 4 rings (SSSR count). The van der Waals surface area contributed by atoms with Gasteiger partial charge in [0.15, 0.2) is 5.78 Å². The first-order valence-corrected chi connectivity index (χ1v) is 9.40. The Kier molecular flexibility index (Phi) is 4.26. The lowest BCUT2D eigenvalue weighted by atomic mass is 9.73. The summed E-state index contributed by atoms with van der Waals surface area (Å²) in [5, 5.41) is 52.4. The molecule has 0 spiro atoms. The van der Waals surface area contributed by atoms with Crippen molar-refractivity contribution < 1.29 is 35.1 Å². The lowest BCUT2D eigenvalue weighted by Crippen LogP contribution is -2.48. The van der Waals surface area contributed by atoms with Gasteiger partial charge in [0, 0.05) is 36.7 Å². The largest absolute Gasteiger partial charge is 0.507 e. The number of hydrogen-bond acceptors (Lipinski definition) is 8. The van der Waals surface area contributed by atoms with Crippen LogP contribution in [-0.4, -0.2) is 66.8 Å². The second-order valence-corrected chi connectivity index (χ2v) is 8.03. The van der Waals surface area contributed by atoms with Gasteiger partial charge < -0.3 is 30.4 Å². The van der Waals surface area contributed by atoms with Crippen molar-refractivity contribution in [3.8, 4) is 11.5 Å². The van der Waals surface area contributed by atoms with Gasteiger partial charge in [-0.3, -0.25) is 9.59 Å². The number of carbonyl (C=O) groups is 2. The summed E-state index contributed by atoms with van der Waals surface area (Å²) in [7, 11) is 0. The average molecular weight is 389 g/mol. The number of fused-ring (bicyclic) bond motifs is 2. The molecule has 8 nitrogen and oxygen atoms in total. The number of aliphatic hydroxyl groups excluding tert-OH is 2. The number of aromatic hydroxyl groups is 2. The van der Waals surface area contributed by atoms with Crippen molar-refractivity contribution in [2.45, 2.75) is 50.4 Å². The number of ketones is 2. The van der Waals surface area contributed by atoms with Crippen LogP contribution in [0.5, 0.6) is 11.5 Å². The highest BCUT2D eigenvalue weighted by molar-refractivity contribution is 6.26. The van der Waals surface area contributed by atoms with Gasteiger partial charge in [-0.2, -0.15) is 0 Å². The maximum atomic E-state index is 13.1. The smallest absolute Gasteiger partial charge is 0.213 e. The molecular formula is C20H23NO7. The van der Waals surface area contributed by atoms with Crippen LogP contribution in [0.15, 0.2) is 11.8 Å². The Hall–Kier alpha value is -2.42. The summed E-state index contributed by atoms with van der Waals surface area (Å²) in [4.78, 5) is 27.7. The Morgan fingerprint density at radius 3 is 2.32 bits per heavy atom. The quantitative estimate of drug-likeness (QED) is 0.439. The molecule has 0 bridgehead atoms. The summed E-state index contributed by atoms with van der Waals surface area (Å²) in [6, 6.07) is 0. The average Bonchev–Trinajstić information content (AvgIpc) is 2.66. The molecular weight excluding hydrogens is 366 g/mol. The van der Waals surface area contributed by atoms with Gasteiger partial charge in [0.1, 0.15) is 23.7 Å². The number of nitrogens with zero attached hydrogens (tertiary/aromatic N) is 1. The lowest BCUT2D eigenvalue weighted by molar-refractivity contribution is -0.126. The number of piperidine rings is 1. The SMILES string of the molecule is C[C@]1(O)Cc2c(O)c3c(c(O)c2[C@H](O)[C@H]1O)C(=O)C=C(N1CCCCC1)C3=O. The van der Waals surface area contributed by atoms with Crippen molar-refractivity contribution in [2.24, 2.45) is 0 Å². The van der Waals surface area contributed by atoms with Crippen LogP contribution in [0.3, 0.4) is 0 Å².